The molecule has 0 radical (unpaired) electrons. The Kier molecular flexibility index (Phi) is 4.75. The Balaban J connectivity index is 2.56. The van der Waals surface area contributed by atoms with E-state index in [1.165, 1.54) is 0 Å². The Bertz CT molecular complexity index is 389. The Hall–Kier alpha value is -1.53. The van der Waals surface area contributed by atoms with E-state index in [9.17, 15) is 4.79 Å². The molecule has 0 saturated heterocycles. The van der Waals surface area contributed by atoms with Gasteiger partial charge in [-0.05, 0) is 33.8 Å². The number of carbonyl (C=O) groups is 1. The Morgan fingerprint density at radius 2 is 1.94 bits per heavy atom. The highest BCUT2D eigenvalue weighted by atomic mass is 16.5. The van der Waals surface area contributed by atoms with Crippen LogP contribution in [-0.2, 0) is 9.53 Å². The zero-order valence-electron chi connectivity index (χ0n) is 11.2. The predicted octanol–water partition coefficient (Wildman–Crippen LogP) is 0.946. The van der Waals surface area contributed by atoms with Gasteiger partial charge in [0.25, 0.3) is 0 Å². The number of ether oxygens (including phenoxy) is 1. The molecule has 0 bridgehead atoms. The van der Waals surface area contributed by atoms with E-state index < -0.39 is 12.1 Å². The second kappa shape index (κ2) is 5.88. The van der Waals surface area contributed by atoms with Crippen LogP contribution in [0.25, 0.3) is 0 Å². The number of rotatable bonds is 4. The van der Waals surface area contributed by atoms with E-state index in [1.807, 2.05) is 20.8 Å². The number of aromatic nitrogens is 2. The van der Waals surface area contributed by atoms with E-state index in [0.29, 0.717) is 0 Å². The molecule has 1 aromatic rings. The summed E-state index contributed by atoms with van der Waals surface area (Å²) in [6, 6.07) is 0.897. The smallest absolute Gasteiger partial charge is 0.246 e. The molecule has 1 amide bonds. The summed E-state index contributed by atoms with van der Waals surface area (Å²) in [7, 11) is 0. The van der Waals surface area contributed by atoms with Crippen molar-refractivity contribution in [3.05, 3.63) is 18.5 Å². The van der Waals surface area contributed by atoms with E-state index in [0.717, 1.165) is 0 Å². The third kappa shape index (κ3) is 4.77. The lowest BCUT2D eigenvalue weighted by Crippen LogP contribution is -2.47. The second-order valence-electron chi connectivity index (χ2n) is 5.02. The highest BCUT2D eigenvalue weighted by molar-refractivity contribution is 5.93. The number of nitrogens with two attached hydrogens (primary N) is 1. The molecule has 0 spiro atoms. The maximum absolute atomic E-state index is 11.8. The zero-order valence-corrected chi connectivity index (χ0v) is 11.2. The maximum Gasteiger partial charge on any atom is 0.246 e. The zero-order chi connectivity index (χ0) is 13.8. The number of hydrogen-bond donors (Lipinski definition) is 2. The van der Waals surface area contributed by atoms with Crippen molar-refractivity contribution in [2.45, 2.75) is 45.4 Å². The quantitative estimate of drug-likeness (QED) is 0.832. The fraction of sp³-hybridized carbons (Fsp3) is 0.583. The molecule has 0 fully saturated rings. The third-order valence-electron chi connectivity index (χ3n) is 2.15. The summed E-state index contributed by atoms with van der Waals surface area (Å²) in [5, 5.41) is 2.54. The minimum Gasteiger partial charge on any atom is -0.371 e. The van der Waals surface area contributed by atoms with Crippen molar-refractivity contribution in [2.24, 2.45) is 5.73 Å². The molecule has 18 heavy (non-hydrogen) atoms. The molecule has 0 unspecified atom stereocenters. The number of nitrogens with one attached hydrogen (secondary N) is 1. The van der Waals surface area contributed by atoms with E-state index in [-0.39, 0.29) is 17.5 Å². The van der Waals surface area contributed by atoms with Gasteiger partial charge < -0.3 is 10.5 Å². The largest absolute Gasteiger partial charge is 0.371 e. The van der Waals surface area contributed by atoms with Crippen LogP contribution in [0.4, 0.5) is 5.95 Å². The number of amides is 1. The fourth-order valence-electron chi connectivity index (χ4n) is 1.40. The topological polar surface area (TPSA) is 90.1 Å². The lowest BCUT2D eigenvalue weighted by Gasteiger charge is -2.28. The average molecular weight is 252 g/mol. The highest BCUT2D eigenvalue weighted by Gasteiger charge is 2.26. The normalized spacial score (nSPS) is 14.9. The first-order chi connectivity index (χ1) is 8.29. The molecule has 0 aromatic carbocycles. The summed E-state index contributed by atoms with van der Waals surface area (Å²) >= 11 is 0. The molecule has 1 rings (SSSR count). The SMILES string of the molecule is C[C@@H](OC(C)(C)C)[C@H](N)C(=O)Nc1ncccn1. The summed E-state index contributed by atoms with van der Waals surface area (Å²) in [5.74, 6) is -0.126. The molecule has 0 aliphatic carbocycles. The highest BCUT2D eigenvalue weighted by Crippen LogP contribution is 2.12. The summed E-state index contributed by atoms with van der Waals surface area (Å²) in [4.78, 5) is 19.6. The molecular weight excluding hydrogens is 232 g/mol. The van der Waals surface area contributed by atoms with E-state index in [2.05, 4.69) is 15.3 Å². The molecule has 0 aliphatic heterocycles. The predicted molar refractivity (Wildman–Crippen MR) is 68.9 cm³/mol. The van der Waals surface area contributed by atoms with Crippen LogP contribution in [0.15, 0.2) is 18.5 Å². The lowest BCUT2D eigenvalue weighted by atomic mass is 10.1. The first-order valence-corrected chi connectivity index (χ1v) is 5.81. The van der Waals surface area contributed by atoms with Gasteiger partial charge in [-0.2, -0.15) is 0 Å². The van der Waals surface area contributed by atoms with Crippen molar-refractivity contribution in [3.63, 3.8) is 0 Å². The van der Waals surface area contributed by atoms with Crippen LogP contribution >= 0.6 is 0 Å². The van der Waals surface area contributed by atoms with Gasteiger partial charge in [-0.1, -0.05) is 0 Å². The van der Waals surface area contributed by atoms with Crippen LogP contribution in [0.5, 0.6) is 0 Å². The van der Waals surface area contributed by atoms with Crippen LogP contribution in [0, 0.1) is 0 Å². The lowest BCUT2D eigenvalue weighted by molar-refractivity contribution is -0.124. The van der Waals surface area contributed by atoms with Crippen LogP contribution in [0.1, 0.15) is 27.7 Å². The average Bonchev–Trinajstić information content (AvgIpc) is 2.27. The van der Waals surface area contributed by atoms with Crippen LogP contribution in [0.3, 0.4) is 0 Å². The summed E-state index contributed by atoms with van der Waals surface area (Å²) in [5.41, 5.74) is 5.48. The monoisotopic (exact) mass is 252 g/mol. The van der Waals surface area contributed by atoms with Gasteiger partial charge in [-0.25, -0.2) is 9.97 Å². The molecule has 0 saturated carbocycles. The van der Waals surface area contributed by atoms with Crippen molar-refractivity contribution in [1.82, 2.24) is 9.97 Å². The van der Waals surface area contributed by atoms with Gasteiger partial charge in [0.1, 0.15) is 6.04 Å². The van der Waals surface area contributed by atoms with E-state index in [4.69, 9.17) is 10.5 Å². The standard InChI is InChI=1S/C12H20N4O2/c1-8(18-12(2,3)4)9(13)10(17)16-11-14-6-5-7-15-11/h5-9H,13H2,1-4H3,(H,14,15,16,17)/t8-,9+/m1/s1. The first-order valence-electron chi connectivity index (χ1n) is 5.81. The van der Waals surface area contributed by atoms with Gasteiger partial charge in [0.15, 0.2) is 0 Å². The molecule has 1 aromatic heterocycles. The maximum atomic E-state index is 11.8. The van der Waals surface area contributed by atoms with Gasteiger partial charge in [0.2, 0.25) is 11.9 Å². The Labute approximate surface area is 107 Å². The van der Waals surface area contributed by atoms with Gasteiger partial charge in [-0.3, -0.25) is 10.1 Å². The van der Waals surface area contributed by atoms with Gasteiger partial charge >= 0.3 is 0 Å². The first kappa shape index (κ1) is 14.5. The van der Waals surface area contributed by atoms with Crippen molar-refractivity contribution in [2.75, 3.05) is 5.32 Å². The minimum atomic E-state index is -0.770. The molecule has 3 N–H and O–H groups in total. The van der Waals surface area contributed by atoms with E-state index >= 15 is 0 Å². The Morgan fingerprint density at radius 1 is 1.39 bits per heavy atom. The second-order valence-corrected chi connectivity index (χ2v) is 5.02. The summed E-state index contributed by atoms with van der Waals surface area (Å²) in [6.45, 7) is 7.50. The van der Waals surface area contributed by atoms with Crippen molar-refractivity contribution >= 4 is 11.9 Å². The van der Waals surface area contributed by atoms with Crippen LogP contribution < -0.4 is 11.1 Å². The van der Waals surface area contributed by atoms with E-state index in [1.54, 1.807) is 25.4 Å². The number of hydrogen-bond acceptors (Lipinski definition) is 5. The fourth-order valence-corrected chi connectivity index (χ4v) is 1.40. The number of carbonyl (C=O) groups excluding carboxylic acids is 1. The molecule has 6 nitrogen and oxygen atoms in total. The van der Waals surface area contributed by atoms with Gasteiger partial charge in [0, 0.05) is 12.4 Å². The molecular formula is C12H20N4O2. The molecule has 1 heterocycles. The minimum absolute atomic E-state index is 0.237. The van der Waals surface area contributed by atoms with Crippen molar-refractivity contribution in [1.29, 1.82) is 0 Å². The Morgan fingerprint density at radius 3 is 2.44 bits per heavy atom. The summed E-state index contributed by atoms with van der Waals surface area (Å²) < 4.78 is 5.63. The molecule has 100 valence electrons. The third-order valence-corrected chi connectivity index (χ3v) is 2.15. The van der Waals surface area contributed by atoms with Gasteiger partial charge in [0.05, 0.1) is 11.7 Å². The van der Waals surface area contributed by atoms with Crippen molar-refractivity contribution < 1.29 is 9.53 Å². The summed E-state index contributed by atoms with van der Waals surface area (Å²) in [6.07, 6.45) is 2.70. The number of anilines is 1. The molecule has 2 atom stereocenters. The van der Waals surface area contributed by atoms with Crippen molar-refractivity contribution in [3.8, 4) is 0 Å². The number of nitrogens with zero attached hydrogens (tertiary/aromatic N) is 2. The molecule has 6 heteroatoms. The van der Waals surface area contributed by atoms with Gasteiger partial charge in [-0.15, -0.1) is 0 Å². The van der Waals surface area contributed by atoms with Crippen LogP contribution in [-0.4, -0.2) is 33.6 Å². The molecule has 0 aliphatic rings. The van der Waals surface area contributed by atoms with Crippen LogP contribution in [0.2, 0.25) is 0 Å².